The van der Waals surface area contributed by atoms with Gasteiger partial charge in [-0.1, -0.05) is 30.3 Å². The van der Waals surface area contributed by atoms with Crippen LogP contribution >= 0.6 is 0 Å². The highest BCUT2D eigenvalue weighted by Gasteiger charge is 2.04. The van der Waals surface area contributed by atoms with E-state index in [-0.39, 0.29) is 0 Å². The largest absolute Gasteiger partial charge is 0.345 e. The van der Waals surface area contributed by atoms with Crippen LogP contribution in [0.25, 0.3) is 11.1 Å². The maximum Gasteiger partial charge on any atom is 0.102 e. The fraction of sp³-hybridized carbons (Fsp3) is 0.154. The second kappa shape index (κ2) is 4.71. The number of rotatable bonds is 3. The van der Waals surface area contributed by atoms with Crippen LogP contribution in [0.5, 0.6) is 0 Å². The fourth-order valence-electron chi connectivity index (χ4n) is 1.72. The second-order valence-electron chi connectivity index (χ2n) is 3.51. The highest BCUT2D eigenvalue weighted by Crippen LogP contribution is 2.21. The van der Waals surface area contributed by atoms with E-state index in [2.05, 4.69) is 47.7 Å². The Morgan fingerprint density at radius 2 is 2.00 bits per heavy atom. The lowest BCUT2D eigenvalue weighted by atomic mass is 10.0. The van der Waals surface area contributed by atoms with Gasteiger partial charge in [0.25, 0.3) is 0 Å². The predicted molar refractivity (Wildman–Crippen MR) is 61.2 cm³/mol. The summed E-state index contributed by atoms with van der Waals surface area (Å²) < 4.78 is 0. The van der Waals surface area contributed by atoms with Gasteiger partial charge in [0.1, 0.15) is 6.54 Å². The van der Waals surface area contributed by atoms with Crippen LogP contribution in [0.4, 0.5) is 0 Å². The molecule has 2 heteroatoms. The average Bonchev–Trinajstić information content (AvgIpc) is 2.31. The van der Waals surface area contributed by atoms with Gasteiger partial charge in [0, 0.05) is 23.5 Å². The van der Waals surface area contributed by atoms with E-state index in [1.54, 1.807) is 6.20 Å². The Balaban J connectivity index is 2.43. The van der Waals surface area contributed by atoms with Crippen molar-refractivity contribution >= 4 is 0 Å². The van der Waals surface area contributed by atoms with Crippen molar-refractivity contribution in [3.63, 3.8) is 0 Å². The topological polar surface area (TPSA) is 29.5 Å². The Labute approximate surface area is 90.0 Å². The van der Waals surface area contributed by atoms with E-state index >= 15 is 0 Å². The molecule has 0 aliphatic carbocycles. The highest BCUT2D eigenvalue weighted by molar-refractivity contribution is 5.66. The molecule has 0 saturated carbocycles. The number of benzene rings is 1. The molecule has 0 saturated heterocycles. The van der Waals surface area contributed by atoms with Gasteiger partial charge in [0.15, 0.2) is 0 Å². The highest BCUT2D eigenvalue weighted by atomic mass is 14.8. The molecule has 1 aromatic carbocycles. The van der Waals surface area contributed by atoms with Gasteiger partial charge in [-0.15, -0.1) is 0 Å². The molecule has 1 aromatic heterocycles. The van der Waals surface area contributed by atoms with Crippen molar-refractivity contribution in [3.8, 4) is 11.1 Å². The first-order valence-corrected chi connectivity index (χ1v) is 5.18. The van der Waals surface area contributed by atoms with Crippen molar-refractivity contribution in [1.82, 2.24) is 4.98 Å². The molecule has 0 amide bonds. The van der Waals surface area contributed by atoms with Gasteiger partial charge >= 0.3 is 0 Å². The molecule has 0 unspecified atom stereocenters. The van der Waals surface area contributed by atoms with Crippen molar-refractivity contribution < 1.29 is 5.32 Å². The van der Waals surface area contributed by atoms with Gasteiger partial charge in [-0.3, -0.25) is 4.98 Å². The lowest BCUT2D eigenvalue weighted by Crippen LogP contribution is -2.77. The molecule has 0 atom stereocenters. The average molecular weight is 199 g/mol. The van der Waals surface area contributed by atoms with Crippen molar-refractivity contribution in [2.75, 3.05) is 7.05 Å². The normalized spacial score (nSPS) is 10.2. The van der Waals surface area contributed by atoms with E-state index in [4.69, 9.17) is 0 Å². The van der Waals surface area contributed by atoms with Crippen molar-refractivity contribution in [3.05, 3.63) is 54.4 Å². The first-order chi connectivity index (χ1) is 7.42. The lowest BCUT2D eigenvalue weighted by Gasteiger charge is -2.06. The van der Waals surface area contributed by atoms with Gasteiger partial charge in [0.2, 0.25) is 0 Å². The number of aromatic nitrogens is 1. The molecule has 0 aliphatic heterocycles. The Bertz CT molecular complexity index is 424. The Morgan fingerprint density at radius 3 is 2.73 bits per heavy atom. The van der Waals surface area contributed by atoms with Crippen LogP contribution in [0.3, 0.4) is 0 Å². The van der Waals surface area contributed by atoms with Gasteiger partial charge < -0.3 is 5.32 Å². The maximum atomic E-state index is 4.15. The first-order valence-electron chi connectivity index (χ1n) is 5.18. The molecule has 2 N–H and O–H groups in total. The van der Waals surface area contributed by atoms with Crippen LogP contribution in [-0.2, 0) is 6.54 Å². The molecule has 2 aromatic rings. The van der Waals surface area contributed by atoms with Crippen molar-refractivity contribution in [2.24, 2.45) is 0 Å². The van der Waals surface area contributed by atoms with E-state index in [9.17, 15) is 0 Å². The predicted octanol–water partition coefficient (Wildman–Crippen LogP) is 1.44. The Morgan fingerprint density at radius 1 is 1.13 bits per heavy atom. The standard InChI is InChI=1S/C13H14N2/c1-14-9-11-5-2-3-7-13(11)12-6-4-8-15-10-12/h2-8,10,14H,9H2,1H3/p+1. The molecule has 76 valence electrons. The minimum absolute atomic E-state index is 1.01. The molecule has 1 heterocycles. The number of pyridine rings is 1. The van der Waals surface area contributed by atoms with E-state index in [0.717, 1.165) is 6.54 Å². The van der Waals surface area contributed by atoms with Crippen LogP contribution in [-0.4, -0.2) is 12.0 Å². The summed E-state index contributed by atoms with van der Waals surface area (Å²) in [4.78, 5) is 4.15. The van der Waals surface area contributed by atoms with Gasteiger partial charge in [0.05, 0.1) is 7.05 Å². The molecular formula is C13H15N2+. The third kappa shape index (κ3) is 2.22. The maximum absolute atomic E-state index is 4.15. The second-order valence-corrected chi connectivity index (χ2v) is 3.51. The van der Waals surface area contributed by atoms with E-state index in [1.807, 2.05) is 12.3 Å². The number of nitrogens with zero attached hydrogens (tertiary/aromatic N) is 1. The zero-order chi connectivity index (χ0) is 10.5. The SMILES string of the molecule is C[NH2+]Cc1ccccc1-c1cccnc1. The summed E-state index contributed by atoms with van der Waals surface area (Å²) in [7, 11) is 2.08. The van der Waals surface area contributed by atoms with E-state index in [1.165, 1.54) is 16.7 Å². The molecule has 0 fully saturated rings. The van der Waals surface area contributed by atoms with Gasteiger partial charge in [-0.25, -0.2) is 0 Å². The number of nitrogens with two attached hydrogens (primary N) is 1. The summed E-state index contributed by atoms with van der Waals surface area (Å²) in [5.74, 6) is 0. The summed E-state index contributed by atoms with van der Waals surface area (Å²) in [5.41, 5.74) is 3.83. The molecule has 15 heavy (non-hydrogen) atoms. The minimum atomic E-state index is 1.01. The van der Waals surface area contributed by atoms with Crippen LogP contribution in [0, 0.1) is 0 Å². The quantitative estimate of drug-likeness (QED) is 0.796. The fourth-order valence-corrected chi connectivity index (χ4v) is 1.72. The van der Waals surface area contributed by atoms with Crippen LogP contribution in [0.15, 0.2) is 48.8 Å². The molecule has 0 bridgehead atoms. The Kier molecular flexibility index (Phi) is 3.10. The third-order valence-electron chi connectivity index (χ3n) is 2.41. The summed E-state index contributed by atoms with van der Waals surface area (Å²) in [6.07, 6.45) is 3.71. The molecule has 2 rings (SSSR count). The van der Waals surface area contributed by atoms with Crippen LogP contribution < -0.4 is 5.32 Å². The van der Waals surface area contributed by atoms with Crippen molar-refractivity contribution in [2.45, 2.75) is 6.54 Å². The summed E-state index contributed by atoms with van der Waals surface area (Å²) in [5, 5.41) is 2.18. The zero-order valence-electron chi connectivity index (χ0n) is 8.85. The molecular weight excluding hydrogens is 184 g/mol. The lowest BCUT2D eigenvalue weighted by molar-refractivity contribution is -0.643. The van der Waals surface area contributed by atoms with Gasteiger partial charge in [-0.05, 0) is 11.6 Å². The molecule has 2 nitrogen and oxygen atoms in total. The summed E-state index contributed by atoms with van der Waals surface area (Å²) in [6.45, 7) is 1.01. The van der Waals surface area contributed by atoms with Crippen LogP contribution in [0.2, 0.25) is 0 Å². The molecule has 0 spiro atoms. The number of hydrogen-bond acceptors (Lipinski definition) is 1. The smallest absolute Gasteiger partial charge is 0.102 e. The van der Waals surface area contributed by atoms with E-state index in [0.29, 0.717) is 0 Å². The molecule has 0 aliphatic rings. The van der Waals surface area contributed by atoms with E-state index < -0.39 is 0 Å². The van der Waals surface area contributed by atoms with Gasteiger partial charge in [-0.2, -0.15) is 0 Å². The third-order valence-corrected chi connectivity index (χ3v) is 2.41. The molecule has 0 radical (unpaired) electrons. The monoisotopic (exact) mass is 199 g/mol. The van der Waals surface area contributed by atoms with Crippen molar-refractivity contribution in [1.29, 1.82) is 0 Å². The van der Waals surface area contributed by atoms with Crippen LogP contribution in [0.1, 0.15) is 5.56 Å². The number of quaternary nitrogens is 1. The first kappa shape index (κ1) is 9.87. The zero-order valence-corrected chi connectivity index (χ0v) is 8.85. The minimum Gasteiger partial charge on any atom is -0.345 e. The Hall–Kier alpha value is -1.67. The number of hydrogen-bond donors (Lipinski definition) is 1. The summed E-state index contributed by atoms with van der Waals surface area (Å²) >= 11 is 0. The summed E-state index contributed by atoms with van der Waals surface area (Å²) in [6, 6.07) is 12.5.